The van der Waals surface area contributed by atoms with Gasteiger partial charge in [0.2, 0.25) is 0 Å². The van der Waals surface area contributed by atoms with Crippen molar-refractivity contribution in [3.05, 3.63) is 35.9 Å². The van der Waals surface area contributed by atoms with E-state index in [0.29, 0.717) is 13.0 Å². The molecular formula is C14H21NO2. The Balaban J connectivity index is 2.70. The van der Waals surface area contributed by atoms with E-state index in [0.717, 1.165) is 0 Å². The summed E-state index contributed by atoms with van der Waals surface area (Å²) >= 11 is 0. The van der Waals surface area contributed by atoms with Crippen molar-refractivity contribution >= 4 is 5.97 Å². The molecule has 0 aliphatic carbocycles. The lowest BCUT2D eigenvalue weighted by Gasteiger charge is -2.27. The molecule has 3 nitrogen and oxygen atoms in total. The molecule has 0 amide bonds. The highest BCUT2D eigenvalue weighted by Gasteiger charge is 2.27. The van der Waals surface area contributed by atoms with Crippen LogP contribution in [0.5, 0.6) is 0 Å². The molecular weight excluding hydrogens is 214 g/mol. The van der Waals surface area contributed by atoms with Gasteiger partial charge in [0.05, 0.1) is 6.61 Å². The zero-order valence-electron chi connectivity index (χ0n) is 10.8. The van der Waals surface area contributed by atoms with Crippen molar-refractivity contribution in [2.24, 2.45) is 5.73 Å². The van der Waals surface area contributed by atoms with Crippen LogP contribution in [0.1, 0.15) is 32.8 Å². The number of hydrogen-bond donors (Lipinski definition) is 1. The van der Waals surface area contributed by atoms with E-state index < -0.39 is 6.04 Å². The Hall–Kier alpha value is -1.35. The average Bonchev–Trinajstić information content (AvgIpc) is 2.30. The third-order valence-corrected chi connectivity index (χ3v) is 2.87. The van der Waals surface area contributed by atoms with Crippen LogP contribution in [0.3, 0.4) is 0 Å². The van der Waals surface area contributed by atoms with Crippen LogP contribution in [0.25, 0.3) is 0 Å². The van der Waals surface area contributed by atoms with E-state index in [-0.39, 0.29) is 11.4 Å². The standard InChI is InChI=1S/C14H21NO2/c1-4-17-13(16)12(15)10-14(2,3)11-8-6-5-7-9-11/h5-9,12H,4,10,15H2,1-3H3. The molecule has 0 saturated heterocycles. The molecule has 2 N–H and O–H groups in total. The number of rotatable bonds is 5. The molecule has 0 spiro atoms. The van der Waals surface area contributed by atoms with Crippen molar-refractivity contribution in [3.8, 4) is 0 Å². The molecule has 0 aliphatic rings. The maximum atomic E-state index is 11.5. The maximum absolute atomic E-state index is 11.5. The molecule has 0 fully saturated rings. The largest absolute Gasteiger partial charge is 0.465 e. The van der Waals surface area contributed by atoms with Crippen LogP contribution >= 0.6 is 0 Å². The quantitative estimate of drug-likeness (QED) is 0.796. The van der Waals surface area contributed by atoms with Gasteiger partial charge in [0, 0.05) is 0 Å². The van der Waals surface area contributed by atoms with E-state index in [1.165, 1.54) is 5.56 Å². The fourth-order valence-corrected chi connectivity index (χ4v) is 1.89. The van der Waals surface area contributed by atoms with Gasteiger partial charge in [0.1, 0.15) is 6.04 Å². The first-order chi connectivity index (χ1) is 7.97. The highest BCUT2D eigenvalue weighted by Crippen LogP contribution is 2.27. The van der Waals surface area contributed by atoms with Crippen LogP contribution in [-0.2, 0) is 14.9 Å². The Morgan fingerprint density at radius 3 is 2.47 bits per heavy atom. The molecule has 1 rings (SSSR count). The SMILES string of the molecule is CCOC(=O)C(N)CC(C)(C)c1ccccc1. The summed E-state index contributed by atoms with van der Waals surface area (Å²) in [4.78, 5) is 11.5. The van der Waals surface area contributed by atoms with Crippen LogP contribution in [0.15, 0.2) is 30.3 Å². The van der Waals surface area contributed by atoms with Gasteiger partial charge < -0.3 is 10.5 Å². The lowest BCUT2D eigenvalue weighted by atomic mass is 9.79. The van der Waals surface area contributed by atoms with Gasteiger partial charge in [-0.15, -0.1) is 0 Å². The van der Waals surface area contributed by atoms with E-state index in [4.69, 9.17) is 10.5 Å². The van der Waals surface area contributed by atoms with Crippen LogP contribution < -0.4 is 5.73 Å². The van der Waals surface area contributed by atoms with Crippen LogP contribution in [0.4, 0.5) is 0 Å². The van der Waals surface area contributed by atoms with Gasteiger partial charge in [-0.25, -0.2) is 0 Å². The number of benzene rings is 1. The molecule has 17 heavy (non-hydrogen) atoms. The van der Waals surface area contributed by atoms with E-state index in [1.807, 2.05) is 18.2 Å². The van der Waals surface area contributed by atoms with E-state index in [9.17, 15) is 4.79 Å². The third kappa shape index (κ3) is 3.86. The lowest BCUT2D eigenvalue weighted by molar-refractivity contribution is -0.145. The fraction of sp³-hybridized carbons (Fsp3) is 0.500. The summed E-state index contributed by atoms with van der Waals surface area (Å²) < 4.78 is 4.92. The maximum Gasteiger partial charge on any atom is 0.322 e. The van der Waals surface area contributed by atoms with Crippen LogP contribution in [-0.4, -0.2) is 18.6 Å². The smallest absolute Gasteiger partial charge is 0.322 e. The molecule has 0 bridgehead atoms. The number of esters is 1. The Morgan fingerprint density at radius 2 is 1.94 bits per heavy atom. The van der Waals surface area contributed by atoms with Crippen molar-refractivity contribution in [3.63, 3.8) is 0 Å². The van der Waals surface area contributed by atoms with Gasteiger partial charge in [-0.2, -0.15) is 0 Å². The second kappa shape index (κ2) is 5.82. The van der Waals surface area contributed by atoms with E-state index >= 15 is 0 Å². The predicted molar refractivity (Wildman–Crippen MR) is 68.7 cm³/mol. The monoisotopic (exact) mass is 235 g/mol. The Kier molecular flexibility index (Phi) is 4.70. The summed E-state index contributed by atoms with van der Waals surface area (Å²) in [5.41, 5.74) is 6.90. The molecule has 1 aromatic carbocycles. The zero-order valence-corrected chi connectivity index (χ0v) is 10.8. The summed E-state index contributed by atoms with van der Waals surface area (Å²) in [6, 6.07) is 9.51. The van der Waals surface area contributed by atoms with Gasteiger partial charge in [-0.3, -0.25) is 4.79 Å². The number of ether oxygens (including phenoxy) is 1. The van der Waals surface area contributed by atoms with Gasteiger partial charge in [-0.1, -0.05) is 44.2 Å². The first kappa shape index (κ1) is 13.7. The van der Waals surface area contributed by atoms with Gasteiger partial charge in [0.15, 0.2) is 0 Å². The van der Waals surface area contributed by atoms with E-state index in [1.54, 1.807) is 6.92 Å². The second-order valence-electron chi connectivity index (χ2n) is 4.81. The Labute approximate surface area is 103 Å². The minimum absolute atomic E-state index is 0.132. The van der Waals surface area contributed by atoms with Crippen LogP contribution in [0.2, 0.25) is 0 Å². The summed E-state index contributed by atoms with van der Waals surface area (Å²) in [5, 5.41) is 0. The number of hydrogen-bond acceptors (Lipinski definition) is 3. The normalized spacial score (nSPS) is 13.2. The third-order valence-electron chi connectivity index (χ3n) is 2.87. The first-order valence-corrected chi connectivity index (χ1v) is 5.95. The predicted octanol–water partition coefficient (Wildman–Crippen LogP) is 2.24. The van der Waals surface area contributed by atoms with Crippen LogP contribution in [0, 0.1) is 0 Å². The average molecular weight is 235 g/mol. The van der Waals surface area contributed by atoms with Crippen molar-refractivity contribution in [1.82, 2.24) is 0 Å². The summed E-state index contributed by atoms with van der Waals surface area (Å²) in [6.07, 6.45) is 0.579. The number of nitrogens with two attached hydrogens (primary N) is 1. The molecule has 0 aromatic heterocycles. The van der Waals surface area contributed by atoms with Gasteiger partial charge in [0.25, 0.3) is 0 Å². The van der Waals surface area contributed by atoms with Gasteiger partial charge >= 0.3 is 5.97 Å². The zero-order chi connectivity index (χ0) is 12.9. The Morgan fingerprint density at radius 1 is 1.35 bits per heavy atom. The molecule has 0 aliphatic heterocycles. The van der Waals surface area contributed by atoms with Crippen molar-refractivity contribution in [2.75, 3.05) is 6.61 Å². The highest BCUT2D eigenvalue weighted by atomic mass is 16.5. The molecule has 1 aromatic rings. The lowest BCUT2D eigenvalue weighted by Crippen LogP contribution is -2.38. The van der Waals surface area contributed by atoms with Crippen molar-refractivity contribution in [1.29, 1.82) is 0 Å². The molecule has 3 heteroatoms. The van der Waals surface area contributed by atoms with E-state index in [2.05, 4.69) is 26.0 Å². The van der Waals surface area contributed by atoms with Crippen molar-refractivity contribution < 1.29 is 9.53 Å². The minimum atomic E-state index is -0.565. The molecule has 0 heterocycles. The number of carbonyl (C=O) groups is 1. The molecule has 1 atom stereocenters. The molecule has 1 unspecified atom stereocenters. The molecule has 94 valence electrons. The minimum Gasteiger partial charge on any atom is -0.465 e. The second-order valence-corrected chi connectivity index (χ2v) is 4.81. The fourth-order valence-electron chi connectivity index (χ4n) is 1.89. The molecule has 0 saturated carbocycles. The number of carbonyl (C=O) groups excluding carboxylic acids is 1. The van der Waals surface area contributed by atoms with Crippen molar-refractivity contribution in [2.45, 2.75) is 38.6 Å². The summed E-state index contributed by atoms with van der Waals surface area (Å²) in [6.45, 7) is 6.33. The molecule has 0 radical (unpaired) electrons. The Bertz CT molecular complexity index is 360. The van der Waals surface area contributed by atoms with Gasteiger partial charge in [-0.05, 0) is 24.3 Å². The highest BCUT2D eigenvalue weighted by molar-refractivity contribution is 5.75. The first-order valence-electron chi connectivity index (χ1n) is 5.95. The topological polar surface area (TPSA) is 52.3 Å². The summed E-state index contributed by atoms with van der Waals surface area (Å²) in [7, 11) is 0. The summed E-state index contributed by atoms with van der Waals surface area (Å²) in [5.74, 6) is -0.323.